The predicted molar refractivity (Wildman–Crippen MR) is 131 cm³/mol. The van der Waals surface area contributed by atoms with Crippen LogP contribution in [0.1, 0.15) is 66.2 Å². The zero-order valence-corrected chi connectivity index (χ0v) is 20.8. The van der Waals surface area contributed by atoms with Gasteiger partial charge >= 0.3 is 0 Å². The summed E-state index contributed by atoms with van der Waals surface area (Å²) in [6.07, 6.45) is 4.05. The van der Waals surface area contributed by atoms with Gasteiger partial charge in [-0.05, 0) is 50.3 Å². The molecule has 4 amide bonds. The highest BCUT2D eigenvalue weighted by Crippen LogP contribution is 2.31. The second-order valence-corrected chi connectivity index (χ2v) is 9.31. The minimum absolute atomic E-state index is 0.103. The first-order valence-electron chi connectivity index (χ1n) is 12.9. The van der Waals surface area contributed by atoms with Crippen LogP contribution < -0.4 is 10.2 Å². The van der Waals surface area contributed by atoms with E-state index < -0.39 is 23.8 Å². The highest BCUT2D eigenvalue weighted by Gasteiger charge is 2.44. The van der Waals surface area contributed by atoms with Gasteiger partial charge in [0.1, 0.15) is 6.04 Å². The van der Waals surface area contributed by atoms with E-state index in [1.54, 1.807) is 12.1 Å². The van der Waals surface area contributed by atoms with Crippen molar-refractivity contribution in [3.63, 3.8) is 0 Å². The lowest BCUT2D eigenvalue weighted by atomic mass is 10.0. The van der Waals surface area contributed by atoms with Gasteiger partial charge in [-0.2, -0.15) is 0 Å². The van der Waals surface area contributed by atoms with Gasteiger partial charge in [0.2, 0.25) is 11.8 Å². The van der Waals surface area contributed by atoms with E-state index >= 15 is 0 Å². The summed E-state index contributed by atoms with van der Waals surface area (Å²) in [6.45, 7) is 6.96. The van der Waals surface area contributed by atoms with E-state index in [1.807, 2.05) is 6.07 Å². The van der Waals surface area contributed by atoms with Crippen LogP contribution in [0.25, 0.3) is 0 Å². The monoisotopic (exact) mass is 501 g/mol. The zero-order valence-electron chi connectivity index (χ0n) is 20.8. The molecule has 0 radical (unpaired) electrons. The number of anilines is 1. The molecule has 2 fully saturated rings. The molecule has 1 atom stereocenters. The molecule has 4 rings (SSSR count). The van der Waals surface area contributed by atoms with Gasteiger partial charge in [-0.25, -0.2) is 0 Å². The molecule has 3 aliphatic rings. The maximum absolute atomic E-state index is 13.1. The van der Waals surface area contributed by atoms with E-state index in [9.17, 15) is 19.2 Å². The van der Waals surface area contributed by atoms with Crippen molar-refractivity contribution in [1.29, 1.82) is 0 Å². The van der Waals surface area contributed by atoms with Crippen LogP contribution >= 0.6 is 0 Å². The molecule has 0 aromatic heterocycles. The Morgan fingerprint density at radius 2 is 1.61 bits per heavy atom. The van der Waals surface area contributed by atoms with Gasteiger partial charge in [-0.15, -0.1) is 0 Å². The highest BCUT2D eigenvalue weighted by atomic mass is 16.5. The zero-order chi connectivity index (χ0) is 25.5. The van der Waals surface area contributed by atoms with E-state index in [1.165, 1.54) is 0 Å². The van der Waals surface area contributed by atoms with Crippen LogP contribution in [0.3, 0.4) is 0 Å². The van der Waals surface area contributed by atoms with Crippen LogP contribution in [-0.4, -0.2) is 86.8 Å². The molecule has 1 N–H and O–H groups in total. The van der Waals surface area contributed by atoms with Crippen molar-refractivity contribution < 1.29 is 33.4 Å². The summed E-state index contributed by atoms with van der Waals surface area (Å²) in [7, 11) is 0. The van der Waals surface area contributed by atoms with E-state index in [4.69, 9.17) is 14.2 Å². The van der Waals surface area contributed by atoms with Crippen LogP contribution in [-0.2, 0) is 23.8 Å². The molecule has 10 heteroatoms. The maximum Gasteiger partial charge on any atom is 0.262 e. The third kappa shape index (κ3) is 6.11. The Morgan fingerprint density at radius 1 is 0.889 bits per heavy atom. The fourth-order valence-electron chi connectivity index (χ4n) is 4.82. The van der Waals surface area contributed by atoms with Crippen molar-refractivity contribution >= 4 is 29.3 Å². The van der Waals surface area contributed by atoms with Crippen LogP contribution in [0.15, 0.2) is 18.2 Å². The molecule has 3 heterocycles. The van der Waals surface area contributed by atoms with E-state index in [-0.39, 0.29) is 24.9 Å². The third-order valence-electron chi connectivity index (χ3n) is 6.74. The van der Waals surface area contributed by atoms with E-state index in [2.05, 4.69) is 17.1 Å². The van der Waals surface area contributed by atoms with Gasteiger partial charge in [0.15, 0.2) is 0 Å². The molecule has 2 saturated heterocycles. The first-order valence-corrected chi connectivity index (χ1v) is 12.9. The SMILES string of the molecule is CCCOCCCOCCOC1CCN(c2ccc3c(c2)C(=O)N(C2CCC(=O)NC2=O)C3=O)CC1. The summed E-state index contributed by atoms with van der Waals surface area (Å²) in [4.78, 5) is 52.8. The number of amides is 4. The molecule has 0 saturated carbocycles. The van der Waals surface area contributed by atoms with Crippen molar-refractivity contribution in [3.8, 4) is 0 Å². The van der Waals surface area contributed by atoms with E-state index in [0.29, 0.717) is 30.9 Å². The summed E-state index contributed by atoms with van der Waals surface area (Å²) in [5.41, 5.74) is 1.47. The topological polar surface area (TPSA) is 114 Å². The summed E-state index contributed by atoms with van der Waals surface area (Å²) in [5.74, 6) is -1.96. The second-order valence-electron chi connectivity index (χ2n) is 9.31. The number of hydrogen-bond acceptors (Lipinski definition) is 8. The lowest BCUT2D eigenvalue weighted by molar-refractivity contribution is -0.136. The summed E-state index contributed by atoms with van der Waals surface area (Å²) >= 11 is 0. The van der Waals surface area contributed by atoms with Crippen molar-refractivity contribution in [2.75, 3.05) is 51.0 Å². The van der Waals surface area contributed by atoms with Crippen LogP contribution in [0.4, 0.5) is 5.69 Å². The Morgan fingerprint density at radius 3 is 2.33 bits per heavy atom. The van der Waals surface area contributed by atoms with Crippen LogP contribution in [0, 0.1) is 0 Å². The number of hydrogen-bond donors (Lipinski definition) is 1. The Hall–Kier alpha value is -2.82. The van der Waals surface area contributed by atoms with Gasteiger partial charge < -0.3 is 19.1 Å². The summed E-state index contributed by atoms with van der Waals surface area (Å²) in [5, 5.41) is 2.22. The molecule has 1 unspecified atom stereocenters. The smallest absolute Gasteiger partial charge is 0.262 e. The average Bonchev–Trinajstić information content (AvgIpc) is 3.13. The molecular formula is C26H35N3O7. The number of carbonyl (C=O) groups is 4. The Labute approximate surface area is 211 Å². The summed E-state index contributed by atoms with van der Waals surface area (Å²) < 4.78 is 17.0. The molecule has 0 bridgehead atoms. The van der Waals surface area contributed by atoms with E-state index in [0.717, 1.165) is 62.6 Å². The molecule has 10 nitrogen and oxygen atoms in total. The highest BCUT2D eigenvalue weighted by molar-refractivity contribution is 6.23. The lowest BCUT2D eigenvalue weighted by Crippen LogP contribution is -2.54. The number of nitrogens with one attached hydrogen (secondary N) is 1. The number of carbonyl (C=O) groups excluding carboxylic acids is 4. The summed E-state index contributed by atoms with van der Waals surface area (Å²) in [6, 6.07) is 4.28. The minimum Gasteiger partial charge on any atom is -0.381 e. The molecule has 196 valence electrons. The molecule has 1 aromatic rings. The van der Waals surface area contributed by atoms with Crippen molar-refractivity contribution in [2.24, 2.45) is 0 Å². The van der Waals surface area contributed by atoms with Crippen LogP contribution in [0.2, 0.25) is 0 Å². The number of piperidine rings is 2. The number of benzene rings is 1. The molecule has 0 aliphatic carbocycles. The van der Waals surface area contributed by atoms with Gasteiger partial charge in [-0.1, -0.05) is 6.92 Å². The standard InChI is InChI=1S/C26H35N3O7/c1-2-12-34-13-3-14-35-15-16-36-19-8-10-28(11-9-19)18-4-5-20-21(17-18)26(33)29(25(20)32)22-6-7-23(30)27-24(22)31/h4-5,17,19,22H,2-3,6-16H2,1H3,(H,27,30,31). The molecule has 1 aromatic carbocycles. The lowest BCUT2D eigenvalue weighted by Gasteiger charge is -2.33. The molecular weight excluding hydrogens is 466 g/mol. The quantitative estimate of drug-likeness (QED) is 0.341. The van der Waals surface area contributed by atoms with Crippen LogP contribution in [0.5, 0.6) is 0 Å². The van der Waals surface area contributed by atoms with Gasteiger partial charge in [0, 0.05) is 45.0 Å². The molecule has 36 heavy (non-hydrogen) atoms. The second kappa shape index (κ2) is 12.4. The van der Waals surface area contributed by atoms with Crippen molar-refractivity contribution in [3.05, 3.63) is 29.3 Å². The molecule has 3 aliphatic heterocycles. The number of imide groups is 2. The first kappa shape index (κ1) is 26.2. The van der Waals surface area contributed by atoms with Gasteiger partial charge in [0.25, 0.3) is 11.8 Å². The minimum atomic E-state index is -0.954. The number of fused-ring (bicyclic) bond motifs is 1. The molecule has 0 spiro atoms. The number of nitrogens with zero attached hydrogens (tertiary/aromatic N) is 2. The largest absolute Gasteiger partial charge is 0.381 e. The fourth-order valence-corrected chi connectivity index (χ4v) is 4.82. The average molecular weight is 502 g/mol. The Balaban J connectivity index is 1.23. The Bertz CT molecular complexity index is 974. The predicted octanol–water partition coefficient (Wildman–Crippen LogP) is 1.91. The maximum atomic E-state index is 13.1. The normalized spacial score (nSPS) is 20.8. The Kier molecular flexibility index (Phi) is 9.06. The number of rotatable bonds is 12. The first-order chi connectivity index (χ1) is 17.5. The van der Waals surface area contributed by atoms with Gasteiger partial charge in [0.05, 0.1) is 30.4 Å². The van der Waals surface area contributed by atoms with Crippen molar-refractivity contribution in [2.45, 2.75) is 57.6 Å². The van der Waals surface area contributed by atoms with Crippen molar-refractivity contribution in [1.82, 2.24) is 10.2 Å². The van der Waals surface area contributed by atoms with Gasteiger partial charge in [-0.3, -0.25) is 29.4 Å². The fraction of sp³-hybridized carbons (Fsp3) is 0.615. The number of ether oxygens (including phenoxy) is 3. The third-order valence-corrected chi connectivity index (χ3v) is 6.74.